The molecule has 0 bridgehead atoms. The minimum atomic E-state index is -0.365. The minimum absolute atomic E-state index is 0. The van der Waals surface area contributed by atoms with Crippen molar-refractivity contribution in [1.29, 1.82) is 0 Å². The second kappa shape index (κ2) is 10.6. The van der Waals surface area contributed by atoms with Gasteiger partial charge in [0.2, 0.25) is 5.91 Å². The molecule has 1 aromatic carbocycles. The molecule has 0 spiro atoms. The maximum atomic E-state index is 12.0. The number of amides is 1. The summed E-state index contributed by atoms with van der Waals surface area (Å²) >= 11 is 0. The van der Waals surface area contributed by atoms with Crippen LogP contribution in [0.25, 0.3) is 0 Å². The number of nitrogens with zero attached hydrogens (tertiary/aromatic N) is 1. The van der Waals surface area contributed by atoms with Crippen molar-refractivity contribution in [1.82, 2.24) is 10.2 Å². The van der Waals surface area contributed by atoms with Crippen LogP contribution in [0.2, 0.25) is 0 Å². The van der Waals surface area contributed by atoms with Crippen molar-refractivity contribution in [2.24, 2.45) is 5.73 Å². The molecule has 1 aromatic rings. The Morgan fingerprint density at radius 1 is 1.35 bits per heavy atom. The molecule has 2 atom stereocenters. The van der Waals surface area contributed by atoms with Crippen molar-refractivity contribution in [2.75, 3.05) is 13.1 Å². The first-order valence-electron chi connectivity index (χ1n) is 8.52. The molecule has 0 saturated carbocycles. The molecule has 130 valence electrons. The number of rotatable bonds is 7. The lowest BCUT2D eigenvalue weighted by Gasteiger charge is -2.36. The summed E-state index contributed by atoms with van der Waals surface area (Å²) in [6, 6.07) is 10.6. The zero-order valence-corrected chi connectivity index (χ0v) is 14.9. The summed E-state index contributed by atoms with van der Waals surface area (Å²) in [6.45, 7) is 4.83. The number of nitrogens with two attached hydrogens (primary N) is 1. The lowest BCUT2D eigenvalue weighted by molar-refractivity contribution is -0.122. The number of carbonyl (C=O) groups excluding carboxylic acids is 1. The molecule has 0 radical (unpaired) electrons. The van der Waals surface area contributed by atoms with Crippen LogP contribution in [-0.2, 0) is 11.3 Å². The summed E-state index contributed by atoms with van der Waals surface area (Å²) in [5.74, 6) is -0.00733. The van der Waals surface area contributed by atoms with E-state index in [1.165, 1.54) is 18.4 Å². The molecular formula is C18H30ClN3O. The quantitative estimate of drug-likeness (QED) is 0.803. The SMILES string of the molecule is CCCC(N)C(=O)NCC1CCCCN1Cc1ccccc1.Cl. The molecule has 0 aliphatic carbocycles. The molecule has 3 N–H and O–H groups in total. The first-order valence-corrected chi connectivity index (χ1v) is 8.52. The van der Waals surface area contributed by atoms with E-state index < -0.39 is 0 Å². The highest BCUT2D eigenvalue weighted by Gasteiger charge is 2.23. The number of halogens is 1. The third-order valence-corrected chi connectivity index (χ3v) is 4.43. The van der Waals surface area contributed by atoms with Crippen LogP contribution >= 0.6 is 12.4 Å². The van der Waals surface area contributed by atoms with Gasteiger partial charge in [0.15, 0.2) is 0 Å². The third-order valence-electron chi connectivity index (χ3n) is 4.43. The highest BCUT2D eigenvalue weighted by Crippen LogP contribution is 2.19. The van der Waals surface area contributed by atoms with Crippen LogP contribution in [0.15, 0.2) is 30.3 Å². The molecule has 1 saturated heterocycles. The smallest absolute Gasteiger partial charge is 0.236 e. The lowest BCUT2D eigenvalue weighted by atomic mass is 10.0. The molecule has 1 aliphatic rings. The Morgan fingerprint density at radius 3 is 2.78 bits per heavy atom. The Labute approximate surface area is 146 Å². The average molecular weight is 340 g/mol. The Morgan fingerprint density at radius 2 is 2.09 bits per heavy atom. The largest absolute Gasteiger partial charge is 0.353 e. The van der Waals surface area contributed by atoms with Gasteiger partial charge in [0, 0.05) is 19.1 Å². The Kier molecular flexibility index (Phi) is 9.22. The van der Waals surface area contributed by atoms with Crippen LogP contribution in [0.5, 0.6) is 0 Å². The molecule has 1 heterocycles. The number of piperidine rings is 1. The number of carbonyl (C=O) groups is 1. The molecule has 2 rings (SSSR count). The van der Waals surface area contributed by atoms with E-state index in [4.69, 9.17) is 5.73 Å². The van der Waals surface area contributed by atoms with E-state index in [-0.39, 0.29) is 24.4 Å². The van der Waals surface area contributed by atoms with E-state index in [2.05, 4.69) is 41.4 Å². The van der Waals surface area contributed by atoms with Crippen molar-refractivity contribution in [3.05, 3.63) is 35.9 Å². The van der Waals surface area contributed by atoms with Crippen molar-refractivity contribution in [2.45, 2.75) is 57.7 Å². The molecule has 1 aliphatic heterocycles. The number of nitrogens with one attached hydrogen (secondary N) is 1. The van der Waals surface area contributed by atoms with Gasteiger partial charge in [-0.3, -0.25) is 9.69 Å². The summed E-state index contributed by atoms with van der Waals surface area (Å²) in [5, 5.41) is 3.05. The molecule has 0 aromatic heterocycles. The van der Waals surface area contributed by atoms with E-state index in [0.29, 0.717) is 12.6 Å². The van der Waals surface area contributed by atoms with E-state index in [1.807, 2.05) is 6.07 Å². The van der Waals surface area contributed by atoms with Gasteiger partial charge in [0.05, 0.1) is 6.04 Å². The summed E-state index contributed by atoms with van der Waals surface area (Å²) in [7, 11) is 0. The van der Waals surface area contributed by atoms with Gasteiger partial charge in [-0.05, 0) is 31.4 Å². The fourth-order valence-corrected chi connectivity index (χ4v) is 3.11. The second-order valence-electron chi connectivity index (χ2n) is 6.25. The molecule has 5 heteroatoms. The van der Waals surface area contributed by atoms with E-state index in [1.54, 1.807) is 0 Å². The average Bonchev–Trinajstić information content (AvgIpc) is 2.55. The van der Waals surface area contributed by atoms with Crippen LogP contribution in [-0.4, -0.2) is 36.0 Å². The van der Waals surface area contributed by atoms with Crippen LogP contribution in [0, 0.1) is 0 Å². The lowest BCUT2D eigenvalue weighted by Crippen LogP contribution is -2.49. The van der Waals surface area contributed by atoms with Gasteiger partial charge >= 0.3 is 0 Å². The van der Waals surface area contributed by atoms with Crippen LogP contribution in [0.3, 0.4) is 0 Å². The van der Waals surface area contributed by atoms with Crippen LogP contribution in [0.1, 0.15) is 44.6 Å². The van der Waals surface area contributed by atoms with Gasteiger partial charge in [-0.2, -0.15) is 0 Å². The minimum Gasteiger partial charge on any atom is -0.353 e. The number of benzene rings is 1. The molecular weight excluding hydrogens is 310 g/mol. The highest BCUT2D eigenvalue weighted by atomic mass is 35.5. The van der Waals surface area contributed by atoms with Crippen molar-refractivity contribution in [3.8, 4) is 0 Å². The summed E-state index contributed by atoms with van der Waals surface area (Å²) in [5.41, 5.74) is 7.21. The van der Waals surface area contributed by atoms with Crippen molar-refractivity contribution >= 4 is 18.3 Å². The van der Waals surface area contributed by atoms with E-state index >= 15 is 0 Å². The fourth-order valence-electron chi connectivity index (χ4n) is 3.11. The van der Waals surface area contributed by atoms with Crippen LogP contribution in [0.4, 0.5) is 0 Å². The summed E-state index contributed by atoms with van der Waals surface area (Å²) in [6.07, 6.45) is 5.33. The van der Waals surface area contributed by atoms with Gasteiger partial charge in [-0.1, -0.05) is 50.1 Å². The van der Waals surface area contributed by atoms with Gasteiger partial charge in [0.1, 0.15) is 0 Å². The molecule has 2 unspecified atom stereocenters. The van der Waals surface area contributed by atoms with Crippen LogP contribution < -0.4 is 11.1 Å². The summed E-state index contributed by atoms with van der Waals surface area (Å²) < 4.78 is 0. The van der Waals surface area contributed by atoms with Crippen molar-refractivity contribution < 1.29 is 4.79 Å². The van der Waals surface area contributed by atoms with Gasteiger partial charge in [-0.15, -0.1) is 12.4 Å². The molecule has 1 amide bonds. The Balaban J connectivity index is 0.00000264. The predicted octanol–water partition coefficient (Wildman–Crippen LogP) is 2.71. The van der Waals surface area contributed by atoms with Gasteiger partial charge < -0.3 is 11.1 Å². The number of hydrogen-bond donors (Lipinski definition) is 2. The molecule has 1 fully saturated rings. The van der Waals surface area contributed by atoms with E-state index in [9.17, 15) is 4.79 Å². The van der Waals surface area contributed by atoms with Gasteiger partial charge in [0.25, 0.3) is 0 Å². The molecule has 23 heavy (non-hydrogen) atoms. The third kappa shape index (κ3) is 6.50. The topological polar surface area (TPSA) is 58.4 Å². The van der Waals surface area contributed by atoms with Crippen molar-refractivity contribution in [3.63, 3.8) is 0 Å². The fraction of sp³-hybridized carbons (Fsp3) is 0.611. The predicted molar refractivity (Wildman–Crippen MR) is 97.6 cm³/mol. The van der Waals surface area contributed by atoms with Gasteiger partial charge in [-0.25, -0.2) is 0 Å². The standard InChI is InChI=1S/C18H29N3O.ClH/c1-2-8-17(19)18(22)20-13-16-11-6-7-12-21(16)14-15-9-4-3-5-10-15;/h3-5,9-10,16-17H,2,6-8,11-14,19H2,1H3,(H,20,22);1H. The zero-order chi connectivity index (χ0) is 15.8. The molecule has 4 nitrogen and oxygen atoms in total. The maximum Gasteiger partial charge on any atom is 0.236 e. The normalized spacial score (nSPS) is 19.7. The number of hydrogen-bond acceptors (Lipinski definition) is 3. The first kappa shape index (κ1) is 19.9. The zero-order valence-electron chi connectivity index (χ0n) is 14.0. The summed E-state index contributed by atoms with van der Waals surface area (Å²) in [4.78, 5) is 14.5. The number of likely N-dealkylation sites (tertiary alicyclic amines) is 1. The first-order chi connectivity index (χ1) is 10.7. The Hall–Kier alpha value is -1.10. The second-order valence-corrected chi connectivity index (χ2v) is 6.25. The Bertz CT molecular complexity index is 455. The van der Waals surface area contributed by atoms with E-state index in [0.717, 1.165) is 32.4 Å². The highest BCUT2D eigenvalue weighted by molar-refractivity contribution is 5.85. The monoisotopic (exact) mass is 339 g/mol. The maximum absolute atomic E-state index is 12.0.